The summed E-state index contributed by atoms with van der Waals surface area (Å²) in [5.41, 5.74) is -1.72. The molecule has 0 radical (unpaired) electrons. The SMILES string of the molecule is CCOC(=O)c1c(-c2ccco2)csc1NC(=O)Cn1cc(C(F)(F)F)cc(Cl)c1=O. The van der Waals surface area contributed by atoms with E-state index in [1.165, 1.54) is 6.26 Å². The molecule has 164 valence electrons. The Morgan fingerprint density at radius 3 is 2.71 bits per heavy atom. The van der Waals surface area contributed by atoms with Crippen molar-refractivity contribution in [2.24, 2.45) is 0 Å². The van der Waals surface area contributed by atoms with E-state index in [1.807, 2.05) is 0 Å². The summed E-state index contributed by atoms with van der Waals surface area (Å²) in [6.45, 7) is 0.940. The van der Waals surface area contributed by atoms with Gasteiger partial charge in [-0.15, -0.1) is 11.3 Å². The number of carbonyl (C=O) groups excluding carboxylic acids is 2. The predicted octanol–water partition coefficient (Wildman–Crippen LogP) is 4.66. The van der Waals surface area contributed by atoms with Crippen molar-refractivity contribution < 1.29 is 31.9 Å². The van der Waals surface area contributed by atoms with Crippen LogP contribution in [0.2, 0.25) is 5.02 Å². The molecule has 31 heavy (non-hydrogen) atoms. The molecule has 0 fully saturated rings. The summed E-state index contributed by atoms with van der Waals surface area (Å²) >= 11 is 6.59. The number of thiophene rings is 1. The smallest absolute Gasteiger partial charge is 0.417 e. The van der Waals surface area contributed by atoms with Gasteiger partial charge < -0.3 is 19.0 Å². The molecule has 0 saturated heterocycles. The Kier molecular flexibility index (Phi) is 6.56. The molecule has 0 bridgehead atoms. The number of hydrogen-bond acceptors (Lipinski definition) is 6. The number of rotatable bonds is 6. The first-order valence-electron chi connectivity index (χ1n) is 8.71. The van der Waals surface area contributed by atoms with Gasteiger partial charge >= 0.3 is 12.1 Å². The van der Waals surface area contributed by atoms with E-state index in [0.717, 1.165) is 11.3 Å². The Morgan fingerprint density at radius 2 is 2.10 bits per heavy atom. The van der Waals surface area contributed by atoms with Crippen LogP contribution in [0, 0.1) is 0 Å². The predicted molar refractivity (Wildman–Crippen MR) is 107 cm³/mol. The van der Waals surface area contributed by atoms with Gasteiger partial charge in [-0.2, -0.15) is 13.2 Å². The topological polar surface area (TPSA) is 90.5 Å². The summed E-state index contributed by atoms with van der Waals surface area (Å²) in [5, 5.41) is 3.43. The van der Waals surface area contributed by atoms with Gasteiger partial charge in [-0.3, -0.25) is 9.59 Å². The number of ether oxygens (including phenoxy) is 1. The van der Waals surface area contributed by atoms with Crippen molar-refractivity contribution in [2.45, 2.75) is 19.6 Å². The summed E-state index contributed by atoms with van der Waals surface area (Å²) in [5.74, 6) is -1.19. The van der Waals surface area contributed by atoms with E-state index in [0.29, 0.717) is 28.2 Å². The molecule has 0 unspecified atom stereocenters. The second-order valence-corrected chi connectivity index (χ2v) is 7.39. The van der Waals surface area contributed by atoms with E-state index in [-0.39, 0.29) is 17.2 Å². The number of anilines is 1. The van der Waals surface area contributed by atoms with Crippen LogP contribution in [0.25, 0.3) is 11.3 Å². The number of nitrogens with one attached hydrogen (secondary N) is 1. The molecule has 0 atom stereocenters. The first-order chi connectivity index (χ1) is 14.6. The lowest BCUT2D eigenvalue weighted by Gasteiger charge is -2.12. The molecule has 7 nitrogen and oxygen atoms in total. The van der Waals surface area contributed by atoms with Gasteiger partial charge in [0, 0.05) is 17.1 Å². The summed E-state index contributed by atoms with van der Waals surface area (Å²) in [4.78, 5) is 37.0. The Balaban J connectivity index is 1.90. The zero-order valence-corrected chi connectivity index (χ0v) is 17.4. The van der Waals surface area contributed by atoms with Crippen molar-refractivity contribution in [1.82, 2.24) is 4.57 Å². The molecule has 0 aliphatic heterocycles. The van der Waals surface area contributed by atoms with Gasteiger partial charge in [-0.05, 0) is 25.1 Å². The number of furan rings is 1. The van der Waals surface area contributed by atoms with Crippen LogP contribution in [-0.2, 0) is 22.3 Å². The van der Waals surface area contributed by atoms with Crippen molar-refractivity contribution in [3.8, 4) is 11.3 Å². The maximum Gasteiger partial charge on any atom is 0.417 e. The van der Waals surface area contributed by atoms with E-state index in [1.54, 1.807) is 24.4 Å². The monoisotopic (exact) mass is 474 g/mol. The summed E-state index contributed by atoms with van der Waals surface area (Å²) < 4.78 is 49.8. The number of pyridine rings is 1. The number of amides is 1. The number of esters is 1. The molecular formula is C19H14ClF3N2O5S. The van der Waals surface area contributed by atoms with Crippen LogP contribution in [0.3, 0.4) is 0 Å². The fraction of sp³-hybridized carbons (Fsp3) is 0.211. The van der Waals surface area contributed by atoms with Crippen LogP contribution in [0.1, 0.15) is 22.8 Å². The van der Waals surface area contributed by atoms with E-state index in [4.69, 9.17) is 20.8 Å². The number of carbonyl (C=O) groups is 2. The van der Waals surface area contributed by atoms with Crippen molar-refractivity contribution in [3.63, 3.8) is 0 Å². The van der Waals surface area contributed by atoms with Crippen molar-refractivity contribution in [1.29, 1.82) is 0 Å². The van der Waals surface area contributed by atoms with E-state index >= 15 is 0 Å². The zero-order chi connectivity index (χ0) is 22.8. The average Bonchev–Trinajstić information content (AvgIpc) is 3.34. The van der Waals surface area contributed by atoms with Crippen molar-refractivity contribution in [3.05, 3.63) is 62.5 Å². The second kappa shape index (κ2) is 8.98. The normalized spacial score (nSPS) is 11.4. The minimum Gasteiger partial charge on any atom is -0.464 e. The first kappa shape index (κ1) is 22.6. The Bertz CT molecular complexity index is 1170. The quantitative estimate of drug-likeness (QED) is 0.525. The molecule has 3 aromatic heterocycles. The van der Waals surface area contributed by atoms with E-state index in [2.05, 4.69) is 5.32 Å². The van der Waals surface area contributed by atoms with Gasteiger partial charge in [-0.1, -0.05) is 11.6 Å². The molecule has 3 heterocycles. The van der Waals surface area contributed by atoms with Crippen LogP contribution < -0.4 is 10.9 Å². The number of alkyl halides is 3. The van der Waals surface area contributed by atoms with Crippen LogP contribution in [0.4, 0.5) is 18.2 Å². The molecule has 3 rings (SSSR count). The maximum absolute atomic E-state index is 13.0. The van der Waals surface area contributed by atoms with Gasteiger partial charge in [0.1, 0.15) is 27.9 Å². The lowest BCUT2D eigenvalue weighted by molar-refractivity contribution is -0.138. The van der Waals surface area contributed by atoms with E-state index in [9.17, 15) is 27.6 Å². The third-order valence-corrected chi connectivity index (χ3v) is 5.16. The molecule has 0 spiro atoms. The van der Waals surface area contributed by atoms with Gasteiger partial charge in [-0.25, -0.2) is 4.79 Å². The highest BCUT2D eigenvalue weighted by molar-refractivity contribution is 7.15. The largest absolute Gasteiger partial charge is 0.464 e. The second-order valence-electron chi connectivity index (χ2n) is 6.11. The van der Waals surface area contributed by atoms with Gasteiger partial charge in [0.25, 0.3) is 5.56 Å². The lowest BCUT2D eigenvalue weighted by Crippen LogP contribution is -2.29. The highest BCUT2D eigenvalue weighted by atomic mass is 35.5. The summed E-state index contributed by atoms with van der Waals surface area (Å²) in [7, 11) is 0. The lowest BCUT2D eigenvalue weighted by atomic mass is 10.1. The summed E-state index contributed by atoms with van der Waals surface area (Å²) in [6.07, 6.45) is -2.84. The number of halogens is 4. The number of aromatic nitrogens is 1. The summed E-state index contributed by atoms with van der Waals surface area (Å²) in [6, 6.07) is 3.72. The molecule has 1 amide bonds. The van der Waals surface area contributed by atoms with Crippen LogP contribution >= 0.6 is 22.9 Å². The third kappa shape index (κ3) is 5.00. The highest BCUT2D eigenvalue weighted by Crippen LogP contribution is 2.36. The minimum absolute atomic E-state index is 0.0320. The standard InChI is InChI=1S/C19H14ClF3N2O5S/c1-2-29-18(28)15-11(13-4-3-5-30-13)9-31-16(15)24-14(26)8-25-7-10(19(21,22)23)6-12(20)17(25)27/h3-7,9H,2,8H2,1H3,(H,24,26). The van der Waals surface area contributed by atoms with Crippen molar-refractivity contribution >= 4 is 39.8 Å². The molecule has 1 N–H and O–H groups in total. The minimum atomic E-state index is -4.75. The molecule has 0 aliphatic carbocycles. The maximum atomic E-state index is 13.0. The molecule has 3 aromatic rings. The van der Waals surface area contributed by atoms with Gasteiger partial charge in [0.05, 0.1) is 18.4 Å². The van der Waals surface area contributed by atoms with Crippen LogP contribution in [0.5, 0.6) is 0 Å². The Labute approximate surface area is 182 Å². The fourth-order valence-corrected chi connectivity index (χ4v) is 3.84. The molecule has 0 saturated carbocycles. The van der Waals surface area contributed by atoms with Crippen LogP contribution in [-0.4, -0.2) is 23.1 Å². The van der Waals surface area contributed by atoms with Crippen molar-refractivity contribution in [2.75, 3.05) is 11.9 Å². The highest BCUT2D eigenvalue weighted by Gasteiger charge is 2.32. The third-order valence-electron chi connectivity index (χ3n) is 3.99. The van der Waals surface area contributed by atoms with Crippen LogP contribution in [0.15, 0.2) is 45.3 Å². The molecule has 12 heteroatoms. The zero-order valence-electron chi connectivity index (χ0n) is 15.8. The first-order valence-corrected chi connectivity index (χ1v) is 9.97. The molecule has 0 aromatic carbocycles. The molecular weight excluding hydrogens is 461 g/mol. The van der Waals surface area contributed by atoms with Gasteiger partial charge in [0.2, 0.25) is 5.91 Å². The fourth-order valence-electron chi connectivity index (χ4n) is 2.66. The Hall–Kier alpha value is -3.05. The average molecular weight is 475 g/mol. The van der Waals surface area contributed by atoms with Gasteiger partial charge in [0.15, 0.2) is 0 Å². The number of hydrogen-bond donors (Lipinski definition) is 1. The molecule has 0 aliphatic rings. The van der Waals surface area contributed by atoms with E-state index < -0.39 is 40.7 Å². The number of nitrogens with zero attached hydrogens (tertiary/aromatic N) is 1. The Morgan fingerprint density at radius 1 is 1.35 bits per heavy atom.